The van der Waals surface area contributed by atoms with Crippen LogP contribution in [0.5, 0.6) is 0 Å². The summed E-state index contributed by atoms with van der Waals surface area (Å²) >= 11 is 0. The Balaban J connectivity index is 1.50. The molecule has 1 fully saturated rings. The molecule has 132 valence electrons. The lowest BCUT2D eigenvalue weighted by atomic mass is 10.2. The SMILES string of the molecule is O=C(CCN1C(=O)CCC1=O)Nc1ccc(N=Nc2ccccc2)cc1. The zero-order valence-electron chi connectivity index (χ0n) is 14.1. The zero-order valence-corrected chi connectivity index (χ0v) is 14.1. The number of imide groups is 1. The van der Waals surface area contributed by atoms with Crippen molar-refractivity contribution in [2.24, 2.45) is 10.2 Å². The van der Waals surface area contributed by atoms with Crippen molar-refractivity contribution >= 4 is 34.8 Å². The molecule has 1 aliphatic heterocycles. The van der Waals surface area contributed by atoms with E-state index in [-0.39, 0.29) is 43.5 Å². The quantitative estimate of drug-likeness (QED) is 0.637. The second kappa shape index (κ2) is 8.15. The van der Waals surface area contributed by atoms with Crippen molar-refractivity contribution in [3.05, 3.63) is 54.6 Å². The Morgan fingerprint density at radius 2 is 1.46 bits per heavy atom. The minimum atomic E-state index is -0.254. The van der Waals surface area contributed by atoms with Crippen molar-refractivity contribution in [1.82, 2.24) is 4.90 Å². The van der Waals surface area contributed by atoms with Crippen LogP contribution in [0.25, 0.3) is 0 Å². The third-order valence-electron chi connectivity index (χ3n) is 3.91. The highest BCUT2D eigenvalue weighted by Gasteiger charge is 2.28. The predicted molar refractivity (Wildman–Crippen MR) is 96.3 cm³/mol. The smallest absolute Gasteiger partial charge is 0.229 e. The minimum absolute atomic E-state index is 0.0763. The van der Waals surface area contributed by atoms with E-state index in [9.17, 15) is 14.4 Å². The molecule has 0 radical (unpaired) electrons. The fourth-order valence-corrected chi connectivity index (χ4v) is 2.53. The number of azo groups is 1. The van der Waals surface area contributed by atoms with Gasteiger partial charge in [-0.25, -0.2) is 0 Å². The number of hydrogen-bond acceptors (Lipinski definition) is 5. The lowest BCUT2D eigenvalue weighted by molar-refractivity contribution is -0.138. The number of rotatable bonds is 6. The van der Waals surface area contributed by atoms with Crippen LogP contribution in [0, 0.1) is 0 Å². The molecule has 26 heavy (non-hydrogen) atoms. The molecule has 2 aromatic rings. The number of anilines is 1. The van der Waals surface area contributed by atoms with Crippen LogP contribution < -0.4 is 5.32 Å². The fraction of sp³-hybridized carbons (Fsp3) is 0.211. The van der Waals surface area contributed by atoms with Gasteiger partial charge >= 0.3 is 0 Å². The van der Waals surface area contributed by atoms with Gasteiger partial charge < -0.3 is 5.32 Å². The first-order valence-corrected chi connectivity index (χ1v) is 8.32. The number of carbonyl (C=O) groups is 3. The van der Waals surface area contributed by atoms with Crippen molar-refractivity contribution < 1.29 is 14.4 Å². The van der Waals surface area contributed by atoms with Crippen molar-refractivity contribution in [2.75, 3.05) is 11.9 Å². The largest absolute Gasteiger partial charge is 0.326 e. The molecule has 0 spiro atoms. The van der Waals surface area contributed by atoms with Crippen LogP contribution in [-0.2, 0) is 14.4 Å². The summed E-state index contributed by atoms with van der Waals surface area (Å²) in [7, 11) is 0. The molecule has 3 amide bonds. The second-order valence-electron chi connectivity index (χ2n) is 5.82. The predicted octanol–water partition coefficient (Wildman–Crippen LogP) is 3.58. The number of benzene rings is 2. The summed E-state index contributed by atoms with van der Waals surface area (Å²) in [5.41, 5.74) is 2.05. The highest BCUT2D eigenvalue weighted by molar-refractivity contribution is 6.02. The van der Waals surface area contributed by atoms with E-state index >= 15 is 0 Å². The molecule has 3 rings (SSSR count). The van der Waals surface area contributed by atoms with Gasteiger partial charge in [-0.1, -0.05) is 18.2 Å². The zero-order chi connectivity index (χ0) is 18.4. The Hall–Kier alpha value is -3.35. The van der Waals surface area contributed by atoms with Crippen LogP contribution in [0.15, 0.2) is 64.8 Å². The number of nitrogens with zero attached hydrogens (tertiary/aromatic N) is 3. The Kier molecular flexibility index (Phi) is 5.48. The van der Waals surface area contributed by atoms with Gasteiger partial charge in [0.1, 0.15) is 0 Å². The van der Waals surface area contributed by atoms with Crippen molar-refractivity contribution in [2.45, 2.75) is 19.3 Å². The van der Waals surface area contributed by atoms with Gasteiger partial charge in [-0.05, 0) is 36.4 Å². The molecule has 1 saturated heterocycles. The number of hydrogen-bond donors (Lipinski definition) is 1. The summed E-state index contributed by atoms with van der Waals surface area (Å²) < 4.78 is 0. The van der Waals surface area contributed by atoms with Crippen LogP contribution in [0.1, 0.15) is 19.3 Å². The van der Waals surface area contributed by atoms with Crippen LogP contribution in [-0.4, -0.2) is 29.2 Å². The first kappa shape index (κ1) is 17.5. The first-order chi connectivity index (χ1) is 12.6. The van der Waals surface area contributed by atoms with Crippen LogP contribution in [0.3, 0.4) is 0 Å². The number of likely N-dealkylation sites (tertiary alicyclic amines) is 1. The van der Waals surface area contributed by atoms with E-state index in [1.165, 1.54) is 0 Å². The highest BCUT2D eigenvalue weighted by atomic mass is 16.2. The van der Waals surface area contributed by atoms with Crippen LogP contribution in [0.2, 0.25) is 0 Å². The highest BCUT2D eigenvalue weighted by Crippen LogP contribution is 2.20. The standard InChI is InChI=1S/C19H18N4O3/c24-17(12-13-23-18(25)10-11-19(23)26)20-14-6-8-16(9-7-14)22-21-15-4-2-1-3-5-15/h1-9H,10-13H2,(H,20,24). The molecular weight excluding hydrogens is 332 g/mol. The van der Waals surface area contributed by atoms with Crippen molar-refractivity contribution in [1.29, 1.82) is 0 Å². The number of amides is 3. The Morgan fingerprint density at radius 1 is 0.885 bits per heavy atom. The van der Waals surface area contributed by atoms with Gasteiger partial charge in [-0.15, -0.1) is 0 Å². The molecule has 0 aliphatic carbocycles. The van der Waals surface area contributed by atoms with E-state index in [0.29, 0.717) is 11.4 Å². The monoisotopic (exact) mass is 350 g/mol. The lowest BCUT2D eigenvalue weighted by Gasteiger charge is -2.13. The van der Waals surface area contributed by atoms with Crippen molar-refractivity contribution in [3.8, 4) is 0 Å². The molecule has 1 heterocycles. The fourth-order valence-electron chi connectivity index (χ4n) is 2.53. The Bertz CT molecular complexity index is 816. The van der Waals surface area contributed by atoms with Gasteiger partial charge in [-0.3, -0.25) is 19.3 Å². The average molecular weight is 350 g/mol. The molecule has 1 aliphatic rings. The molecule has 0 saturated carbocycles. The van der Waals surface area contributed by atoms with Gasteiger partial charge in [0.25, 0.3) is 0 Å². The van der Waals surface area contributed by atoms with Crippen LogP contribution in [0.4, 0.5) is 17.1 Å². The van der Waals surface area contributed by atoms with E-state index < -0.39 is 0 Å². The normalized spacial score (nSPS) is 14.2. The third-order valence-corrected chi connectivity index (χ3v) is 3.91. The van der Waals surface area contributed by atoms with E-state index in [2.05, 4.69) is 15.5 Å². The van der Waals surface area contributed by atoms with Crippen LogP contribution >= 0.6 is 0 Å². The summed E-state index contributed by atoms with van der Waals surface area (Å²) in [4.78, 5) is 36.1. The molecule has 2 aromatic carbocycles. The van der Waals surface area contributed by atoms with E-state index in [1.807, 2.05) is 30.3 Å². The molecule has 0 unspecified atom stereocenters. The van der Waals surface area contributed by atoms with E-state index in [0.717, 1.165) is 10.6 Å². The molecular formula is C19H18N4O3. The second-order valence-corrected chi connectivity index (χ2v) is 5.82. The van der Waals surface area contributed by atoms with E-state index in [4.69, 9.17) is 0 Å². The van der Waals surface area contributed by atoms with Gasteiger partial charge in [0, 0.05) is 31.5 Å². The maximum Gasteiger partial charge on any atom is 0.229 e. The topological polar surface area (TPSA) is 91.2 Å². The third kappa shape index (κ3) is 4.60. The van der Waals surface area contributed by atoms with Crippen molar-refractivity contribution in [3.63, 3.8) is 0 Å². The van der Waals surface area contributed by atoms with Gasteiger partial charge in [-0.2, -0.15) is 10.2 Å². The Morgan fingerprint density at radius 3 is 2.08 bits per heavy atom. The van der Waals surface area contributed by atoms with Gasteiger partial charge in [0.2, 0.25) is 17.7 Å². The number of carbonyl (C=O) groups excluding carboxylic acids is 3. The summed E-state index contributed by atoms with van der Waals surface area (Å²) in [5, 5.41) is 11.0. The summed E-state index contributed by atoms with van der Waals surface area (Å²) in [6.07, 6.45) is 0.547. The molecule has 0 aromatic heterocycles. The number of nitrogens with one attached hydrogen (secondary N) is 1. The summed E-state index contributed by atoms with van der Waals surface area (Å²) in [5.74, 6) is -0.678. The maximum atomic E-state index is 12.0. The molecule has 7 nitrogen and oxygen atoms in total. The van der Waals surface area contributed by atoms with E-state index in [1.54, 1.807) is 24.3 Å². The maximum absolute atomic E-state index is 12.0. The minimum Gasteiger partial charge on any atom is -0.326 e. The summed E-state index contributed by atoms with van der Waals surface area (Å²) in [6.45, 7) is 0.118. The molecule has 0 bridgehead atoms. The molecule has 7 heteroatoms. The lowest BCUT2D eigenvalue weighted by Crippen LogP contribution is -2.32. The molecule has 1 N–H and O–H groups in total. The summed E-state index contributed by atoms with van der Waals surface area (Å²) in [6, 6.07) is 16.3. The first-order valence-electron chi connectivity index (χ1n) is 8.32. The van der Waals surface area contributed by atoms with Gasteiger partial charge in [0.05, 0.1) is 11.4 Å². The average Bonchev–Trinajstić information content (AvgIpc) is 2.98. The molecule has 0 atom stereocenters. The van der Waals surface area contributed by atoms with Gasteiger partial charge in [0.15, 0.2) is 0 Å². The Labute approximate surface area is 150 Å².